The molecule has 0 saturated carbocycles. The minimum Gasteiger partial charge on any atom is -0.387 e. The Labute approximate surface area is 195 Å². The van der Waals surface area contributed by atoms with Gasteiger partial charge in [-0.1, -0.05) is 6.07 Å². The molecule has 15 heteroatoms. The molecule has 1 aliphatic rings. The summed E-state index contributed by atoms with van der Waals surface area (Å²) in [7, 11) is 0. The van der Waals surface area contributed by atoms with Crippen LogP contribution < -0.4 is 16.0 Å². The number of halogens is 3. The van der Waals surface area contributed by atoms with E-state index in [0.717, 1.165) is 24.5 Å². The van der Waals surface area contributed by atoms with E-state index in [1.54, 1.807) is 6.92 Å². The van der Waals surface area contributed by atoms with Crippen molar-refractivity contribution < 1.29 is 37.7 Å². The summed E-state index contributed by atoms with van der Waals surface area (Å²) < 4.78 is 45.5. The maximum atomic E-state index is 12.9. The van der Waals surface area contributed by atoms with Crippen molar-refractivity contribution in [2.24, 2.45) is 0 Å². The molecule has 0 radical (unpaired) electrons. The molecule has 5 N–H and O–H groups in total. The van der Waals surface area contributed by atoms with E-state index in [2.05, 4.69) is 30.9 Å². The molecule has 35 heavy (non-hydrogen) atoms. The molecule has 3 amide bonds. The lowest BCUT2D eigenvalue weighted by Crippen LogP contribution is -2.42. The Morgan fingerprint density at radius 1 is 1.14 bits per heavy atom. The number of carbonyl (C=O) groups excluding carboxylic acids is 2. The number of hydrogen-bond donors (Lipinski definition) is 5. The van der Waals surface area contributed by atoms with E-state index in [0.29, 0.717) is 6.54 Å². The van der Waals surface area contributed by atoms with E-state index in [1.165, 1.54) is 17.0 Å². The number of aromatic nitrogens is 4. The lowest BCUT2D eigenvalue weighted by atomic mass is 10.1. The van der Waals surface area contributed by atoms with Crippen molar-refractivity contribution in [3.8, 4) is 0 Å². The van der Waals surface area contributed by atoms with E-state index in [-0.39, 0.29) is 22.7 Å². The van der Waals surface area contributed by atoms with Crippen molar-refractivity contribution in [2.45, 2.75) is 37.6 Å². The van der Waals surface area contributed by atoms with E-state index in [9.17, 15) is 33.0 Å². The second-order valence-electron chi connectivity index (χ2n) is 7.53. The maximum Gasteiger partial charge on any atom is 0.416 e. The number of rotatable bonds is 5. The van der Waals surface area contributed by atoms with Crippen LogP contribution >= 0.6 is 0 Å². The Morgan fingerprint density at radius 2 is 1.91 bits per heavy atom. The van der Waals surface area contributed by atoms with Gasteiger partial charge in [0.2, 0.25) is 0 Å². The van der Waals surface area contributed by atoms with Crippen LogP contribution in [0.4, 0.5) is 29.5 Å². The van der Waals surface area contributed by atoms with Gasteiger partial charge in [-0.3, -0.25) is 14.7 Å². The molecular formula is C20H20F3N7O5. The van der Waals surface area contributed by atoms with Gasteiger partial charge in [-0.25, -0.2) is 19.7 Å². The maximum absolute atomic E-state index is 12.9. The molecule has 3 aromatic rings. The predicted octanol–water partition coefficient (Wildman–Crippen LogP) is 1.24. The molecule has 0 aliphatic carbocycles. The van der Waals surface area contributed by atoms with Crippen molar-refractivity contribution in [1.82, 2.24) is 24.8 Å². The van der Waals surface area contributed by atoms with Gasteiger partial charge >= 0.3 is 12.2 Å². The van der Waals surface area contributed by atoms with Gasteiger partial charge in [0.1, 0.15) is 18.5 Å². The smallest absolute Gasteiger partial charge is 0.387 e. The summed E-state index contributed by atoms with van der Waals surface area (Å²) in [6.07, 6.45) is -7.82. The minimum atomic E-state index is -4.57. The van der Waals surface area contributed by atoms with Crippen LogP contribution in [0.2, 0.25) is 0 Å². The topological polar surface area (TPSA) is 164 Å². The quantitative estimate of drug-likeness (QED) is 0.353. The number of urea groups is 1. The highest BCUT2D eigenvalue weighted by atomic mass is 19.4. The van der Waals surface area contributed by atoms with E-state index in [1.807, 2.05) is 0 Å². The van der Waals surface area contributed by atoms with Crippen molar-refractivity contribution >= 4 is 34.6 Å². The highest BCUT2D eigenvalue weighted by Crippen LogP contribution is 2.33. The number of ether oxygens (including phenoxy) is 1. The summed E-state index contributed by atoms with van der Waals surface area (Å²) in [6, 6.07) is 3.20. The number of aliphatic hydroxyl groups excluding tert-OH is 2. The standard InChI is InChI=1S/C20H20F3N7O5/c1-2-24-17(33)14-12(31)13(32)18(35-14)30-8-27-11-15(25-7-26-16(11)30)29-19(34)28-10-5-3-4-9(6-10)20(21,22)23/h3-8,12-14,18,31-32H,2H2,1H3,(H,24,33)(H2,25,26,28,29,34). The van der Waals surface area contributed by atoms with Gasteiger partial charge < -0.3 is 25.6 Å². The first-order chi connectivity index (χ1) is 16.6. The van der Waals surface area contributed by atoms with Crippen molar-refractivity contribution in [3.05, 3.63) is 42.5 Å². The van der Waals surface area contributed by atoms with Crippen molar-refractivity contribution in [2.75, 3.05) is 17.2 Å². The number of benzene rings is 1. The molecule has 12 nitrogen and oxygen atoms in total. The third-order valence-corrected chi connectivity index (χ3v) is 5.16. The number of aliphatic hydroxyl groups is 2. The number of nitrogens with zero attached hydrogens (tertiary/aromatic N) is 4. The average molecular weight is 495 g/mol. The van der Waals surface area contributed by atoms with Crippen LogP contribution in [-0.2, 0) is 15.7 Å². The fourth-order valence-corrected chi connectivity index (χ4v) is 3.55. The van der Waals surface area contributed by atoms with Gasteiger partial charge in [-0.05, 0) is 25.1 Å². The molecule has 1 aromatic carbocycles. The molecule has 186 valence electrons. The highest BCUT2D eigenvalue weighted by molar-refractivity contribution is 6.03. The zero-order chi connectivity index (χ0) is 25.3. The monoisotopic (exact) mass is 495 g/mol. The summed E-state index contributed by atoms with van der Waals surface area (Å²) in [4.78, 5) is 36.6. The second kappa shape index (κ2) is 9.44. The first-order valence-corrected chi connectivity index (χ1v) is 10.3. The molecule has 2 aromatic heterocycles. The fourth-order valence-electron chi connectivity index (χ4n) is 3.55. The molecule has 4 unspecified atom stereocenters. The third-order valence-electron chi connectivity index (χ3n) is 5.16. The molecule has 1 fully saturated rings. The number of likely N-dealkylation sites (N-methyl/N-ethyl adjacent to an activating group) is 1. The molecule has 1 aliphatic heterocycles. The number of amides is 3. The first-order valence-electron chi connectivity index (χ1n) is 10.3. The van der Waals surface area contributed by atoms with Gasteiger partial charge in [-0.15, -0.1) is 0 Å². The van der Waals surface area contributed by atoms with Gasteiger partial charge in [0.05, 0.1) is 11.9 Å². The Kier molecular flexibility index (Phi) is 6.56. The third kappa shape index (κ3) is 4.87. The van der Waals surface area contributed by atoms with Crippen LogP contribution in [0, 0.1) is 0 Å². The number of imidazole rings is 1. The van der Waals surface area contributed by atoms with Crippen LogP contribution in [0.3, 0.4) is 0 Å². The second-order valence-corrected chi connectivity index (χ2v) is 7.53. The zero-order valence-corrected chi connectivity index (χ0v) is 18.0. The fraction of sp³-hybridized carbons (Fsp3) is 0.350. The van der Waals surface area contributed by atoms with E-state index < -0.39 is 48.2 Å². The largest absolute Gasteiger partial charge is 0.416 e. The Morgan fingerprint density at radius 3 is 2.63 bits per heavy atom. The summed E-state index contributed by atoms with van der Waals surface area (Å²) in [6.45, 7) is 1.98. The summed E-state index contributed by atoms with van der Waals surface area (Å²) in [5.74, 6) is -0.680. The Bertz CT molecular complexity index is 1250. The number of carbonyl (C=O) groups is 2. The highest BCUT2D eigenvalue weighted by Gasteiger charge is 2.47. The van der Waals surface area contributed by atoms with E-state index >= 15 is 0 Å². The minimum absolute atomic E-state index is 0.0680. The molecule has 1 saturated heterocycles. The Hall–Kier alpha value is -3.82. The number of fused-ring (bicyclic) bond motifs is 1. The summed E-state index contributed by atoms with van der Waals surface area (Å²) >= 11 is 0. The lowest BCUT2D eigenvalue weighted by Gasteiger charge is -2.16. The Balaban J connectivity index is 1.54. The molecule has 0 bridgehead atoms. The number of alkyl halides is 3. The van der Waals surface area contributed by atoms with Crippen molar-refractivity contribution in [1.29, 1.82) is 0 Å². The average Bonchev–Trinajstić information content (AvgIpc) is 3.35. The van der Waals surface area contributed by atoms with Gasteiger partial charge in [-0.2, -0.15) is 13.2 Å². The van der Waals surface area contributed by atoms with Gasteiger partial charge in [0.25, 0.3) is 5.91 Å². The molecule has 0 spiro atoms. The zero-order valence-electron chi connectivity index (χ0n) is 18.0. The van der Waals surface area contributed by atoms with Gasteiger partial charge in [0, 0.05) is 12.2 Å². The van der Waals surface area contributed by atoms with Crippen LogP contribution in [0.15, 0.2) is 36.9 Å². The van der Waals surface area contributed by atoms with Crippen molar-refractivity contribution in [3.63, 3.8) is 0 Å². The summed E-state index contributed by atoms with van der Waals surface area (Å²) in [5, 5.41) is 27.8. The molecular weight excluding hydrogens is 475 g/mol. The predicted molar refractivity (Wildman–Crippen MR) is 114 cm³/mol. The van der Waals surface area contributed by atoms with Crippen LogP contribution in [-0.4, -0.2) is 66.5 Å². The molecule has 4 rings (SSSR count). The lowest BCUT2D eigenvalue weighted by molar-refractivity contribution is -0.138. The molecule has 3 heterocycles. The number of anilines is 2. The SMILES string of the molecule is CCNC(=O)C1OC(n2cnc3c(NC(=O)Nc4cccc(C(F)(F)F)c4)ncnc32)C(O)C1O. The van der Waals surface area contributed by atoms with Crippen LogP contribution in [0.5, 0.6) is 0 Å². The number of nitrogens with one attached hydrogen (secondary N) is 3. The first kappa shape index (κ1) is 24.3. The van der Waals surface area contributed by atoms with Crippen LogP contribution in [0.1, 0.15) is 18.7 Å². The van der Waals surface area contributed by atoms with E-state index in [4.69, 9.17) is 4.74 Å². The van der Waals surface area contributed by atoms with Crippen LogP contribution in [0.25, 0.3) is 11.2 Å². The number of hydrogen-bond acceptors (Lipinski definition) is 8. The van der Waals surface area contributed by atoms with Gasteiger partial charge in [0.15, 0.2) is 29.3 Å². The normalized spacial score (nSPS) is 22.2. The summed E-state index contributed by atoms with van der Waals surface area (Å²) in [5.41, 5.74) is -0.858. The molecule has 4 atom stereocenters.